The van der Waals surface area contributed by atoms with E-state index in [2.05, 4.69) is 10.5 Å². The Kier molecular flexibility index (Phi) is 5.99. The van der Waals surface area contributed by atoms with Crippen molar-refractivity contribution in [2.24, 2.45) is 0 Å². The van der Waals surface area contributed by atoms with Crippen LogP contribution >= 0.6 is 0 Å². The molecule has 4 rings (SSSR count). The Balaban J connectivity index is 1.25. The maximum Gasteiger partial charge on any atom is 0.170 e. The van der Waals surface area contributed by atoms with Gasteiger partial charge in [0, 0.05) is 35.2 Å². The van der Waals surface area contributed by atoms with E-state index in [1.807, 2.05) is 24.3 Å². The summed E-state index contributed by atoms with van der Waals surface area (Å²) in [5, 5.41) is 7.88. The van der Waals surface area contributed by atoms with Gasteiger partial charge in [0.05, 0.1) is 6.61 Å². The molecule has 0 bridgehead atoms. The molecule has 0 atom stereocenters. The lowest BCUT2D eigenvalue weighted by molar-refractivity contribution is 0.308. The first kappa shape index (κ1) is 20.0. The normalized spacial score (nSPS) is 11.2. The number of hydrogen-bond donors (Lipinski definition) is 1. The Morgan fingerprint density at radius 2 is 1.67 bits per heavy atom. The van der Waals surface area contributed by atoms with Crippen molar-refractivity contribution in [3.05, 3.63) is 83.7 Å². The Labute approximate surface area is 171 Å². The molecule has 0 unspecified atom stereocenters. The van der Waals surface area contributed by atoms with Crippen molar-refractivity contribution in [2.45, 2.75) is 13.0 Å². The van der Waals surface area contributed by atoms with E-state index < -0.39 is 11.6 Å². The van der Waals surface area contributed by atoms with Crippen LogP contribution in [0, 0.1) is 17.5 Å². The fraction of sp³-hybridized carbons (Fsp3) is 0.174. The fourth-order valence-corrected chi connectivity index (χ4v) is 3.10. The first-order valence-electron chi connectivity index (χ1n) is 9.53. The van der Waals surface area contributed by atoms with Crippen molar-refractivity contribution in [3.63, 3.8) is 0 Å². The molecule has 1 aromatic heterocycles. The van der Waals surface area contributed by atoms with E-state index in [0.29, 0.717) is 42.3 Å². The quantitative estimate of drug-likeness (QED) is 0.390. The van der Waals surface area contributed by atoms with Crippen molar-refractivity contribution >= 4 is 11.0 Å². The van der Waals surface area contributed by atoms with E-state index in [4.69, 9.17) is 9.26 Å². The molecule has 0 aliphatic rings. The molecular weight excluding hydrogens is 393 g/mol. The summed E-state index contributed by atoms with van der Waals surface area (Å²) in [6.07, 6.45) is 0.726. The number of fused-ring (bicyclic) bond motifs is 1. The van der Waals surface area contributed by atoms with Crippen molar-refractivity contribution in [1.29, 1.82) is 0 Å². The predicted molar refractivity (Wildman–Crippen MR) is 108 cm³/mol. The molecule has 0 aliphatic heterocycles. The summed E-state index contributed by atoms with van der Waals surface area (Å²) in [7, 11) is 0. The monoisotopic (exact) mass is 412 g/mol. The molecule has 0 spiro atoms. The number of aromatic nitrogens is 1. The van der Waals surface area contributed by atoms with Crippen LogP contribution < -0.4 is 10.1 Å². The molecule has 0 saturated heterocycles. The molecule has 154 valence electrons. The van der Waals surface area contributed by atoms with Crippen LogP contribution in [0.15, 0.2) is 65.2 Å². The lowest BCUT2D eigenvalue weighted by Gasteiger charge is -2.08. The van der Waals surface area contributed by atoms with Gasteiger partial charge in [-0.3, -0.25) is 0 Å². The van der Waals surface area contributed by atoms with Crippen LogP contribution in [0.25, 0.3) is 22.2 Å². The maximum atomic E-state index is 13.6. The largest absolute Gasteiger partial charge is 0.494 e. The van der Waals surface area contributed by atoms with Crippen LogP contribution in [0.5, 0.6) is 5.75 Å². The highest BCUT2D eigenvalue weighted by molar-refractivity contribution is 5.91. The van der Waals surface area contributed by atoms with Gasteiger partial charge in [0.15, 0.2) is 5.58 Å². The lowest BCUT2D eigenvalue weighted by Crippen LogP contribution is -2.17. The second kappa shape index (κ2) is 9.00. The third-order valence-corrected chi connectivity index (χ3v) is 4.66. The summed E-state index contributed by atoms with van der Waals surface area (Å²) in [6, 6.07) is 15.3. The highest BCUT2D eigenvalue weighted by Crippen LogP contribution is 2.29. The lowest BCUT2D eigenvalue weighted by atomic mass is 10.1. The average molecular weight is 412 g/mol. The van der Waals surface area contributed by atoms with Gasteiger partial charge in [-0.05, 0) is 55.4 Å². The van der Waals surface area contributed by atoms with E-state index in [-0.39, 0.29) is 5.82 Å². The highest BCUT2D eigenvalue weighted by atomic mass is 19.1. The number of hydrogen-bond acceptors (Lipinski definition) is 4. The molecule has 4 nitrogen and oxygen atoms in total. The molecular formula is C23H19F3N2O2. The average Bonchev–Trinajstić information content (AvgIpc) is 3.15. The van der Waals surface area contributed by atoms with E-state index in [9.17, 15) is 13.2 Å². The van der Waals surface area contributed by atoms with Gasteiger partial charge in [-0.1, -0.05) is 11.2 Å². The number of nitrogens with zero attached hydrogens (tertiary/aromatic N) is 1. The summed E-state index contributed by atoms with van der Waals surface area (Å²) in [5.41, 5.74) is 2.32. The molecule has 1 heterocycles. The van der Waals surface area contributed by atoms with Gasteiger partial charge in [-0.15, -0.1) is 0 Å². The number of nitrogens with one attached hydrogen (secondary N) is 1. The standard InChI is InChI=1S/C23H19F3N2O2/c24-17-5-2-16(21(26)12-17)14-27-10-1-11-29-19-7-3-15(4-8-19)23-20-9-6-18(25)13-22(20)30-28-23/h2-9,12-13,27H,1,10-11,14H2. The zero-order valence-electron chi connectivity index (χ0n) is 16.0. The van der Waals surface area contributed by atoms with Gasteiger partial charge < -0.3 is 14.6 Å². The first-order valence-corrected chi connectivity index (χ1v) is 9.53. The van der Waals surface area contributed by atoms with E-state index in [1.165, 1.54) is 24.3 Å². The third-order valence-electron chi connectivity index (χ3n) is 4.66. The minimum Gasteiger partial charge on any atom is -0.494 e. The van der Waals surface area contributed by atoms with Gasteiger partial charge in [0.25, 0.3) is 0 Å². The Bertz CT molecular complexity index is 1140. The van der Waals surface area contributed by atoms with Crippen LogP contribution in [-0.2, 0) is 6.54 Å². The fourth-order valence-electron chi connectivity index (χ4n) is 3.10. The molecule has 0 fully saturated rings. The summed E-state index contributed by atoms with van der Waals surface area (Å²) in [6.45, 7) is 1.46. The number of benzene rings is 3. The van der Waals surface area contributed by atoms with E-state index in [1.54, 1.807) is 6.07 Å². The smallest absolute Gasteiger partial charge is 0.170 e. The second-order valence-electron chi connectivity index (χ2n) is 6.81. The minimum atomic E-state index is -0.582. The molecule has 0 amide bonds. The van der Waals surface area contributed by atoms with Crippen molar-refractivity contribution in [3.8, 4) is 17.0 Å². The summed E-state index contributed by atoms with van der Waals surface area (Å²) in [4.78, 5) is 0. The van der Waals surface area contributed by atoms with Crippen LogP contribution in [0.3, 0.4) is 0 Å². The molecule has 1 N–H and O–H groups in total. The summed E-state index contributed by atoms with van der Waals surface area (Å²) < 4.78 is 50.6. The van der Waals surface area contributed by atoms with Gasteiger partial charge in [0.1, 0.15) is 28.9 Å². The zero-order valence-corrected chi connectivity index (χ0v) is 16.0. The third kappa shape index (κ3) is 4.63. The van der Waals surface area contributed by atoms with Crippen molar-refractivity contribution < 1.29 is 22.4 Å². The molecule has 4 aromatic rings. The number of rotatable bonds is 8. The number of ether oxygens (including phenoxy) is 1. The van der Waals surface area contributed by atoms with Crippen molar-refractivity contribution in [1.82, 2.24) is 10.5 Å². The molecule has 0 saturated carbocycles. The zero-order chi connectivity index (χ0) is 20.9. The Morgan fingerprint density at radius 1 is 0.900 bits per heavy atom. The Morgan fingerprint density at radius 3 is 2.47 bits per heavy atom. The second-order valence-corrected chi connectivity index (χ2v) is 6.81. The molecule has 0 radical (unpaired) electrons. The maximum absolute atomic E-state index is 13.6. The summed E-state index contributed by atoms with van der Waals surface area (Å²) in [5.74, 6) is -0.793. The topological polar surface area (TPSA) is 47.3 Å². The van der Waals surface area contributed by atoms with Gasteiger partial charge >= 0.3 is 0 Å². The van der Waals surface area contributed by atoms with Crippen LogP contribution in [0.4, 0.5) is 13.2 Å². The van der Waals surface area contributed by atoms with Crippen LogP contribution in [-0.4, -0.2) is 18.3 Å². The van der Waals surface area contributed by atoms with Crippen molar-refractivity contribution in [2.75, 3.05) is 13.2 Å². The predicted octanol–water partition coefficient (Wildman–Crippen LogP) is 5.47. The van der Waals surface area contributed by atoms with Gasteiger partial charge in [-0.2, -0.15) is 0 Å². The van der Waals surface area contributed by atoms with E-state index >= 15 is 0 Å². The number of halogens is 3. The molecule has 7 heteroatoms. The molecule has 30 heavy (non-hydrogen) atoms. The van der Waals surface area contributed by atoms with Crippen LogP contribution in [0.2, 0.25) is 0 Å². The summed E-state index contributed by atoms with van der Waals surface area (Å²) >= 11 is 0. The first-order chi connectivity index (χ1) is 14.6. The van der Waals surface area contributed by atoms with Gasteiger partial charge in [-0.25, -0.2) is 13.2 Å². The SMILES string of the molecule is Fc1ccc(CNCCCOc2ccc(-c3noc4cc(F)ccc34)cc2)c(F)c1. The Hall–Kier alpha value is -3.32. The molecule has 3 aromatic carbocycles. The van der Waals surface area contributed by atoms with Crippen LogP contribution in [0.1, 0.15) is 12.0 Å². The molecule has 0 aliphatic carbocycles. The van der Waals surface area contributed by atoms with Gasteiger partial charge in [0.2, 0.25) is 0 Å². The minimum absolute atomic E-state index is 0.330. The highest BCUT2D eigenvalue weighted by Gasteiger charge is 2.11. The van der Waals surface area contributed by atoms with E-state index in [0.717, 1.165) is 23.4 Å².